The van der Waals surface area contributed by atoms with Gasteiger partial charge in [-0.05, 0) is 68.5 Å². The maximum atomic E-state index is 12.5. The molecule has 0 radical (unpaired) electrons. The molecule has 0 bridgehead atoms. The molecule has 1 aromatic rings. The van der Waals surface area contributed by atoms with Gasteiger partial charge in [-0.3, -0.25) is 4.79 Å². The summed E-state index contributed by atoms with van der Waals surface area (Å²) in [6.45, 7) is 3.80. The van der Waals surface area contributed by atoms with E-state index in [2.05, 4.69) is 15.4 Å². The van der Waals surface area contributed by atoms with Crippen molar-refractivity contribution in [2.75, 3.05) is 32.1 Å². The van der Waals surface area contributed by atoms with Crippen LogP contribution in [0.15, 0.2) is 18.2 Å². The molecule has 2 fully saturated rings. The second kappa shape index (κ2) is 8.06. The highest BCUT2D eigenvalue weighted by molar-refractivity contribution is 5.95. The van der Waals surface area contributed by atoms with E-state index < -0.39 is 5.97 Å². The Bertz CT molecular complexity index is 644. The van der Waals surface area contributed by atoms with Crippen LogP contribution in [0, 0.1) is 18.3 Å². The number of benzene rings is 1. The number of halogens is 1. The molecular formula is C18H25ClN2O4. The number of hydrogen-bond acceptors (Lipinski definition) is 5. The lowest BCUT2D eigenvalue weighted by atomic mass is 9.91. The Labute approximate surface area is 154 Å². The minimum Gasteiger partial charge on any atom is -0.482 e. The average Bonchev–Trinajstić information content (AvgIpc) is 3.28. The molecular weight excluding hydrogens is 344 g/mol. The minimum atomic E-state index is -0.425. The van der Waals surface area contributed by atoms with Crippen LogP contribution in [0.3, 0.4) is 0 Å². The van der Waals surface area contributed by atoms with E-state index in [9.17, 15) is 9.59 Å². The third-order valence-corrected chi connectivity index (χ3v) is 5.15. The van der Waals surface area contributed by atoms with Gasteiger partial charge in [0.25, 0.3) is 0 Å². The maximum absolute atomic E-state index is 12.5. The van der Waals surface area contributed by atoms with Gasteiger partial charge in [-0.25, -0.2) is 4.79 Å². The quantitative estimate of drug-likeness (QED) is 0.780. The van der Waals surface area contributed by atoms with Crippen molar-refractivity contribution < 1.29 is 19.1 Å². The number of carbonyl (C=O) groups is 2. The van der Waals surface area contributed by atoms with Crippen molar-refractivity contribution in [3.8, 4) is 5.75 Å². The number of rotatable bonds is 5. The number of hydrogen-bond donors (Lipinski definition) is 2. The van der Waals surface area contributed by atoms with Crippen molar-refractivity contribution in [1.82, 2.24) is 5.32 Å². The lowest BCUT2D eigenvalue weighted by molar-refractivity contribution is -0.142. The van der Waals surface area contributed by atoms with Crippen LogP contribution in [0.4, 0.5) is 5.69 Å². The normalized spacial score (nSPS) is 20.3. The van der Waals surface area contributed by atoms with Crippen LogP contribution < -0.4 is 15.4 Å². The molecule has 2 aliphatic rings. The van der Waals surface area contributed by atoms with E-state index in [4.69, 9.17) is 4.74 Å². The van der Waals surface area contributed by atoms with Gasteiger partial charge in [0.15, 0.2) is 6.61 Å². The van der Waals surface area contributed by atoms with Crippen LogP contribution in [0.25, 0.3) is 0 Å². The first-order valence-corrected chi connectivity index (χ1v) is 8.36. The molecule has 1 aliphatic carbocycles. The number of methoxy groups -OCH3 is 1. The zero-order chi connectivity index (χ0) is 17.2. The summed E-state index contributed by atoms with van der Waals surface area (Å²) in [5, 5.41) is 6.39. The van der Waals surface area contributed by atoms with Crippen LogP contribution in [0.5, 0.6) is 5.75 Å². The van der Waals surface area contributed by atoms with Crippen LogP contribution in [0.2, 0.25) is 0 Å². The lowest BCUT2D eigenvalue weighted by Crippen LogP contribution is -2.31. The molecule has 1 aromatic carbocycles. The first kappa shape index (κ1) is 19.5. The maximum Gasteiger partial charge on any atom is 0.343 e. The molecule has 138 valence electrons. The van der Waals surface area contributed by atoms with Gasteiger partial charge >= 0.3 is 5.97 Å². The highest BCUT2D eigenvalue weighted by Crippen LogP contribution is 2.58. The third-order valence-electron chi connectivity index (χ3n) is 5.15. The summed E-state index contributed by atoms with van der Waals surface area (Å²) < 4.78 is 9.90. The number of nitrogens with one attached hydrogen (secondary N) is 2. The van der Waals surface area contributed by atoms with E-state index in [0.29, 0.717) is 5.75 Å². The first-order chi connectivity index (χ1) is 11.5. The molecule has 1 saturated carbocycles. The number of esters is 1. The van der Waals surface area contributed by atoms with Gasteiger partial charge in [0.2, 0.25) is 5.91 Å². The Morgan fingerprint density at radius 3 is 2.68 bits per heavy atom. The second-order valence-electron chi connectivity index (χ2n) is 6.70. The van der Waals surface area contributed by atoms with Crippen LogP contribution >= 0.6 is 12.4 Å². The first-order valence-electron chi connectivity index (χ1n) is 8.36. The standard InChI is InChI=1S/C18H24N2O4.ClH/c1-12-9-13(24-11-16(21)23-2)3-4-15(12)20-17(22)14-10-18(14)5-7-19-8-6-18;/h3-4,9,14,19H,5-8,10-11H2,1-2H3,(H,20,22);1H. The van der Waals surface area contributed by atoms with Gasteiger partial charge in [-0.2, -0.15) is 0 Å². The van der Waals surface area contributed by atoms with Crippen molar-refractivity contribution in [2.45, 2.75) is 26.2 Å². The Hall–Kier alpha value is -1.79. The van der Waals surface area contributed by atoms with Crippen molar-refractivity contribution >= 4 is 30.0 Å². The smallest absolute Gasteiger partial charge is 0.343 e. The molecule has 0 aromatic heterocycles. The molecule has 6 nitrogen and oxygen atoms in total. The topological polar surface area (TPSA) is 76.7 Å². The predicted octanol–water partition coefficient (Wildman–Crippen LogP) is 2.30. The fraction of sp³-hybridized carbons (Fsp3) is 0.556. The third kappa shape index (κ3) is 4.44. The zero-order valence-corrected chi connectivity index (χ0v) is 15.4. The van der Waals surface area contributed by atoms with Gasteiger partial charge in [0.1, 0.15) is 5.75 Å². The number of aryl methyl sites for hydroxylation is 1. The fourth-order valence-corrected chi connectivity index (χ4v) is 3.48. The highest BCUT2D eigenvalue weighted by atomic mass is 35.5. The summed E-state index contributed by atoms with van der Waals surface area (Å²) >= 11 is 0. The molecule has 2 N–H and O–H groups in total. The van der Waals surface area contributed by atoms with E-state index in [1.54, 1.807) is 6.07 Å². The lowest BCUT2D eigenvalue weighted by Gasteiger charge is -2.23. The van der Waals surface area contributed by atoms with Crippen LogP contribution in [-0.4, -0.2) is 38.7 Å². The van der Waals surface area contributed by atoms with Crippen molar-refractivity contribution in [1.29, 1.82) is 0 Å². The molecule has 1 amide bonds. The molecule has 7 heteroatoms. The Balaban J connectivity index is 0.00000225. The summed E-state index contributed by atoms with van der Waals surface area (Å²) in [5.41, 5.74) is 1.93. The molecule has 1 unspecified atom stereocenters. The van der Waals surface area contributed by atoms with Crippen LogP contribution in [-0.2, 0) is 14.3 Å². The molecule has 1 aliphatic heterocycles. The summed E-state index contributed by atoms with van der Waals surface area (Å²) in [6.07, 6.45) is 3.18. The van der Waals surface area contributed by atoms with Crippen molar-refractivity contribution in [3.63, 3.8) is 0 Å². The largest absolute Gasteiger partial charge is 0.482 e. The van der Waals surface area contributed by atoms with Crippen LogP contribution in [0.1, 0.15) is 24.8 Å². The minimum absolute atomic E-state index is 0. The van der Waals surface area contributed by atoms with Gasteiger partial charge < -0.3 is 20.1 Å². The summed E-state index contributed by atoms with van der Waals surface area (Å²) in [5.74, 6) is 0.403. The Morgan fingerprint density at radius 2 is 2.04 bits per heavy atom. The van der Waals surface area contributed by atoms with Gasteiger partial charge in [-0.1, -0.05) is 0 Å². The molecule has 1 saturated heterocycles. The van der Waals surface area contributed by atoms with E-state index >= 15 is 0 Å². The van der Waals surface area contributed by atoms with E-state index in [-0.39, 0.29) is 36.3 Å². The van der Waals surface area contributed by atoms with Gasteiger partial charge in [-0.15, -0.1) is 12.4 Å². The monoisotopic (exact) mass is 368 g/mol. The van der Waals surface area contributed by atoms with E-state index in [1.807, 2.05) is 19.1 Å². The van der Waals surface area contributed by atoms with E-state index in [1.165, 1.54) is 7.11 Å². The van der Waals surface area contributed by atoms with Crippen molar-refractivity contribution in [3.05, 3.63) is 23.8 Å². The number of piperidine rings is 1. The SMILES string of the molecule is COC(=O)COc1ccc(NC(=O)C2CC23CCNCC3)c(C)c1.Cl. The zero-order valence-electron chi connectivity index (χ0n) is 14.6. The number of amides is 1. The van der Waals surface area contributed by atoms with Crippen molar-refractivity contribution in [2.24, 2.45) is 11.3 Å². The molecule has 1 heterocycles. The van der Waals surface area contributed by atoms with E-state index in [0.717, 1.165) is 43.6 Å². The molecule has 1 atom stereocenters. The summed E-state index contributed by atoms with van der Waals surface area (Å²) in [4.78, 5) is 23.6. The number of ether oxygens (including phenoxy) is 2. The molecule has 25 heavy (non-hydrogen) atoms. The predicted molar refractivity (Wildman–Crippen MR) is 97.2 cm³/mol. The molecule has 1 spiro atoms. The average molecular weight is 369 g/mol. The number of anilines is 1. The van der Waals surface area contributed by atoms with Gasteiger partial charge in [0, 0.05) is 11.6 Å². The Morgan fingerprint density at radius 1 is 1.32 bits per heavy atom. The Kier molecular flexibility index (Phi) is 6.30. The molecule has 3 rings (SSSR count). The highest BCUT2D eigenvalue weighted by Gasteiger charge is 2.57. The fourth-order valence-electron chi connectivity index (χ4n) is 3.48. The van der Waals surface area contributed by atoms with Gasteiger partial charge in [0.05, 0.1) is 7.11 Å². The number of carbonyl (C=O) groups excluding carboxylic acids is 2. The second-order valence-corrected chi connectivity index (χ2v) is 6.70. The summed E-state index contributed by atoms with van der Waals surface area (Å²) in [7, 11) is 1.32. The summed E-state index contributed by atoms with van der Waals surface area (Å²) in [6, 6.07) is 5.38.